The summed E-state index contributed by atoms with van der Waals surface area (Å²) in [6.07, 6.45) is 6.20. The number of piperidine rings is 2. The zero-order chi connectivity index (χ0) is 19.6. The molecule has 1 atom stereocenters. The van der Waals surface area contributed by atoms with Crippen LogP contribution in [0.4, 0.5) is 0 Å². The molecule has 3 aliphatic heterocycles. The lowest BCUT2D eigenvalue weighted by Gasteiger charge is -2.47. The van der Waals surface area contributed by atoms with Gasteiger partial charge in [0.15, 0.2) is 0 Å². The molecule has 4 rings (SSSR count). The average molecular weight is 386 g/mol. The maximum Gasteiger partial charge on any atom is 0.226 e. The van der Waals surface area contributed by atoms with Gasteiger partial charge in [0.1, 0.15) is 5.75 Å². The van der Waals surface area contributed by atoms with Gasteiger partial charge in [0, 0.05) is 39.2 Å². The first-order valence-electron chi connectivity index (χ1n) is 10.5. The SMILES string of the molecule is O=C(Cc1ccc(O)cc1)N1CCC2(CCC(=O)N(C[C@H]3CCCO3)C2)CC1. The summed E-state index contributed by atoms with van der Waals surface area (Å²) in [5.74, 6) is 0.617. The van der Waals surface area contributed by atoms with Crippen LogP contribution in [-0.4, -0.2) is 65.6 Å². The van der Waals surface area contributed by atoms with Gasteiger partial charge < -0.3 is 19.6 Å². The molecule has 3 aliphatic rings. The number of ether oxygens (including phenoxy) is 1. The van der Waals surface area contributed by atoms with E-state index in [2.05, 4.69) is 0 Å². The Labute approximate surface area is 166 Å². The van der Waals surface area contributed by atoms with Crippen molar-refractivity contribution in [3.63, 3.8) is 0 Å². The van der Waals surface area contributed by atoms with Crippen LogP contribution >= 0.6 is 0 Å². The van der Waals surface area contributed by atoms with Crippen molar-refractivity contribution in [2.24, 2.45) is 5.41 Å². The molecule has 0 saturated carbocycles. The highest BCUT2D eigenvalue weighted by Gasteiger charge is 2.42. The average Bonchev–Trinajstić information content (AvgIpc) is 3.20. The molecule has 6 nitrogen and oxygen atoms in total. The number of hydrogen-bond acceptors (Lipinski definition) is 4. The van der Waals surface area contributed by atoms with Crippen LogP contribution in [-0.2, 0) is 20.7 Å². The minimum Gasteiger partial charge on any atom is -0.508 e. The van der Waals surface area contributed by atoms with Crippen molar-refractivity contribution in [1.82, 2.24) is 9.80 Å². The van der Waals surface area contributed by atoms with E-state index >= 15 is 0 Å². The molecule has 28 heavy (non-hydrogen) atoms. The third-order valence-corrected chi connectivity index (χ3v) is 6.66. The summed E-state index contributed by atoms with van der Waals surface area (Å²) in [4.78, 5) is 29.0. The fourth-order valence-corrected chi connectivity index (χ4v) is 4.84. The summed E-state index contributed by atoms with van der Waals surface area (Å²) in [5.41, 5.74) is 1.08. The van der Waals surface area contributed by atoms with Gasteiger partial charge in [0.05, 0.1) is 12.5 Å². The Morgan fingerprint density at radius 2 is 1.93 bits per heavy atom. The van der Waals surface area contributed by atoms with Gasteiger partial charge in [-0.1, -0.05) is 12.1 Å². The Morgan fingerprint density at radius 1 is 1.18 bits per heavy atom. The fourth-order valence-electron chi connectivity index (χ4n) is 4.84. The molecule has 2 amide bonds. The summed E-state index contributed by atoms with van der Waals surface area (Å²) in [6, 6.07) is 6.84. The third kappa shape index (κ3) is 4.32. The molecule has 0 aromatic heterocycles. The molecule has 3 heterocycles. The number of amides is 2. The van der Waals surface area contributed by atoms with Crippen molar-refractivity contribution in [2.75, 3.05) is 32.8 Å². The number of benzene rings is 1. The second-order valence-corrected chi connectivity index (χ2v) is 8.63. The highest BCUT2D eigenvalue weighted by Crippen LogP contribution is 2.40. The smallest absolute Gasteiger partial charge is 0.226 e. The van der Waals surface area contributed by atoms with E-state index in [0.717, 1.165) is 70.5 Å². The number of carbonyl (C=O) groups excluding carboxylic acids is 2. The van der Waals surface area contributed by atoms with E-state index in [4.69, 9.17) is 4.74 Å². The monoisotopic (exact) mass is 386 g/mol. The maximum atomic E-state index is 12.7. The highest BCUT2D eigenvalue weighted by atomic mass is 16.5. The van der Waals surface area contributed by atoms with E-state index in [1.54, 1.807) is 24.3 Å². The summed E-state index contributed by atoms with van der Waals surface area (Å²) in [7, 11) is 0. The lowest BCUT2D eigenvalue weighted by atomic mass is 9.72. The predicted molar refractivity (Wildman–Crippen MR) is 105 cm³/mol. The standard InChI is InChI=1S/C22H30N2O4/c25-18-5-3-17(4-6-18)14-21(27)23-11-9-22(10-12-23)8-7-20(26)24(16-22)15-19-2-1-13-28-19/h3-6,19,25H,1-2,7-16H2/t19-/m1/s1. The number of likely N-dealkylation sites (tertiary alicyclic amines) is 2. The highest BCUT2D eigenvalue weighted by molar-refractivity contribution is 5.79. The minimum absolute atomic E-state index is 0.142. The molecular formula is C22H30N2O4. The van der Waals surface area contributed by atoms with E-state index in [1.807, 2.05) is 9.80 Å². The zero-order valence-electron chi connectivity index (χ0n) is 16.4. The van der Waals surface area contributed by atoms with Crippen LogP contribution in [0.2, 0.25) is 0 Å². The molecule has 1 N–H and O–H groups in total. The lowest BCUT2D eigenvalue weighted by Crippen LogP contribution is -2.53. The van der Waals surface area contributed by atoms with Crippen LogP contribution in [0.5, 0.6) is 5.75 Å². The Balaban J connectivity index is 1.31. The number of phenols is 1. The summed E-state index contributed by atoms with van der Waals surface area (Å²) in [6.45, 7) is 3.88. The van der Waals surface area contributed by atoms with Crippen LogP contribution in [0.25, 0.3) is 0 Å². The Morgan fingerprint density at radius 3 is 2.61 bits per heavy atom. The fraction of sp³-hybridized carbons (Fsp3) is 0.636. The van der Waals surface area contributed by atoms with Gasteiger partial charge in [-0.2, -0.15) is 0 Å². The molecule has 1 spiro atoms. The lowest BCUT2D eigenvalue weighted by molar-refractivity contribution is -0.143. The normalized spacial score (nSPS) is 24.7. The van der Waals surface area contributed by atoms with Gasteiger partial charge in [0.25, 0.3) is 0 Å². The summed E-state index contributed by atoms with van der Waals surface area (Å²) >= 11 is 0. The molecule has 3 fully saturated rings. The minimum atomic E-state index is 0.142. The Hall–Kier alpha value is -2.08. The molecule has 0 unspecified atom stereocenters. The van der Waals surface area contributed by atoms with Gasteiger partial charge in [-0.15, -0.1) is 0 Å². The second kappa shape index (κ2) is 8.11. The van der Waals surface area contributed by atoms with Gasteiger partial charge >= 0.3 is 0 Å². The molecular weight excluding hydrogens is 356 g/mol. The van der Waals surface area contributed by atoms with Crippen LogP contribution in [0.1, 0.15) is 44.1 Å². The molecule has 152 valence electrons. The van der Waals surface area contributed by atoms with E-state index in [1.165, 1.54) is 0 Å². The molecule has 1 aromatic rings. The zero-order valence-corrected chi connectivity index (χ0v) is 16.4. The number of rotatable bonds is 4. The van der Waals surface area contributed by atoms with Crippen LogP contribution in [0.15, 0.2) is 24.3 Å². The van der Waals surface area contributed by atoms with Crippen LogP contribution in [0.3, 0.4) is 0 Å². The first-order valence-corrected chi connectivity index (χ1v) is 10.5. The van der Waals surface area contributed by atoms with E-state index < -0.39 is 0 Å². The van der Waals surface area contributed by atoms with Crippen LogP contribution in [0, 0.1) is 5.41 Å². The van der Waals surface area contributed by atoms with Crippen molar-refractivity contribution < 1.29 is 19.4 Å². The van der Waals surface area contributed by atoms with Crippen molar-refractivity contribution in [3.05, 3.63) is 29.8 Å². The first-order chi connectivity index (χ1) is 13.5. The van der Waals surface area contributed by atoms with Crippen molar-refractivity contribution >= 4 is 11.8 Å². The first kappa shape index (κ1) is 19.2. The quantitative estimate of drug-likeness (QED) is 0.862. The van der Waals surface area contributed by atoms with Gasteiger partial charge in [-0.3, -0.25) is 9.59 Å². The summed E-state index contributed by atoms with van der Waals surface area (Å²) < 4.78 is 5.73. The van der Waals surface area contributed by atoms with E-state index in [9.17, 15) is 14.7 Å². The third-order valence-electron chi connectivity index (χ3n) is 6.66. The number of phenolic OH excluding ortho intramolecular Hbond substituents is 1. The van der Waals surface area contributed by atoms with Gasteiger partial charge in [0.2, 0.25) is 11.8 Å². The number of hydrogen-bond donors (Lipinski definition) is 1. The van der Waals surface area contributed by atoms with Crippen molar-refractivity contribution in [3.8, 4) is 5.75 Å². The molecule has 6 heteroatoms. The maximum absolute atomic E-state index is 12.7. The number of aromatic hydroxyl groups is 1. The molecule has 0 radical (unpaired) electrons. The topological polar surface area (TPSA) is 70.1 Å². The predicted octanol–water partition coefficient (Wildman–Crippen LogP) is 2.34. The molecule has 0 bridgehead atoms. The number of nitrogens with zero attached hydrogens (tertiary/aromatic N) is 2. The van der Waals surface area contributed by atoms with Crippen LogP contribution < -0.4 is 0 Å². The Bertz CT molecular complexity index is 704. The van der Waals surface area contributed by atoms with Crippen molar-refractivity contribution in [1.29, 1.82) is 0 Å². The van der Waals surface area contributed by atoms with Crippen molar-refractivity contribution in [2.45, 2.75) is 51.0 Å². The molecule has 3 saturated heterocycles. The number of carbonyl (C=O) groups is 2. The second-order valence-electron chi connectivity index (χ2n) is 8.63. The van der Waals surface area contributed by atoms with Gasteiger partial charge in [-0.25, -0.2) is 0 Å². The summed E-state index contributed by atoms with van der Waals surface area (Å²) in [5, 5.41) is 9.38. The molecule has 0 aliphatic carbocycles. The van der Waals surface area contributed by atoms with Gasteiger partial charge in [-0.05, 0) is 55.2 Å². The molecule has 1 aromatic carbocycles. The largest absolute Gasteiger partial charge is 0.508 e. The van der Waals surface area contributed by atoms with E-state index in [-0.39, 0.29) is 29.1 Å². The Kier molecular flexibility index (Phi) is 5.58. The van der Waals surface area contributed by atoms with E-state index in [0.29, 0.717) is 12.8 Å².